The minimum Gasteiger partial charge on any atom is -0.465 e. The van der Waals surface area contributed by atoms with Crippen molar-refractivity contribution in [3.05, 3.63) is 32.8 Å². The molecule has 1 aromatic carbocycles. The van der Waals surface area contributed by atoms with Crippen molar-refractivity contribution < 1.29 is 14.5 Å². The van der Waals surface area contributed by atoms with Gasteiger partial charge in [-0.2, -0.15) is 0 Å². The predicted molar refractivity (Wildman–Crippen MR) is 80.0 cm³/mol. The average molecular weight is 313 g/mol. The molecule has 0 amide bonds. The first-order chi connectivity index (χ1) is 9.85. The first-order valence-electron chi connectivity index (χ1n) is 6.66. The fraction of sp³-hybridized carbons (Fsp3) is 0.500. The molecule has 0 spiro atoms. The zero-order valence-corrected chi connectivity index (χ0v) is 12.9. The molecular weight excluding hydrogens is 296 g/mol. The van der Waals surface area contributed by atoms with E-state index in [-0.39, 0.29) is 16.3 Å². The number of halogens is 1. The minimum absolute atomic E-state index is 0.00918. The van der Waals surface area contributed by atoms with Crippen molar-refractivity contribution in [2.45, 2.75) is 13.8 Å². The normalized spacial score (nSPS) is 21.4. The fourth-order valence-electron chi connectivity index (χ4n) is 2.54. The van der Waals surface area contributed by atoms with Crippen molar-refractivity contribution in [1.29, 1.82) is 0 Å². The standard InChI is InChI=1S/C14H17ClN2O4/c1-8-6-16(7-9(8)2)12-5-11(15)10(14(18)21-3)4-13(12)17(19)20/h4-5,8-9H,6-7H2,1-3H3. The molecule has 2 rings (SSSR count). The number of hydrogen-bond acceptors (Lipinski definition) is 5. The highest BCUT2D eigenvalue weighted by Crippen LogP contribution is 2.37. The van der Waals surface area contributed by atoms with Gasteiger partial charge < -0.3 is 9.64 Å². The van der Waals surface area contributed by atoms with Crippen LogP contribution in [-0.2, 0) is 4.74 Å². The number of anilines is 1. The summed E-state index contributed by atoms with van der Waals surface area (Å²) in [4.78, 5) is 24.4. The summed E-state index contributed by atoms with van der Waals surface area (Å²) in [6.07, 6.45) is 0. The van der Waals surface area contributed by atoms with E-state index < -0.39 is 10.9 Å². The largest absolute Gasteiger partial charge is 0.465 e. The van der Waals surface area contributed by atoms with E-state index in [2.05, 4.69) is 18.6 Å². The van der Waals surface area contributed by atoms with E-state index in [9.17, 15) is 14.9 Å². The van der Waals surface area contributed by atoms with Crippen molar-refractivity contribution >= 4 is 28.9 Å². The Labute approximate surface area is 127 Å². The van der Waals surface area contributed by atoms with Gasteiger partial charge in [0, 0.05) is 19.2 Å². The highest BCUT2D eigenvalue weighted by molar-refractivity contribution is 6.34. The monoisotopic (exact) mass is 312 g/mol. The first kappa shape index (κ1) is 15.6. The molecule has 1 heterocycles. The summed E-state index contributed by atoms with van der Waals surface area (Å²) in [6, 6.07) is 2.67. The summed E-state index contributed by atoms with van der Waals surface area (Å²) in [5.41, 5.74) is 0.338. The number of benzene rings is 1. The van der Waals surface area contributed by atoms with E-state index in [1.165, 1.54) is 19.2 Å². The average Bonchev–Trinajstić information content (AvgIpc) is 2.77. The van der Waals surface area contributed by atoms with Crippen molar-refractivity contribution in [2.24, 2.45) is 11.8 Å². The van der Waals surface area contributed by atoms with Crippen molar-refractivity contribution in [1.82, 2.24) is 0 Å². The van der Waals surface area contributed by atoms with Crippen LogP contribution in [0.25, 0.3) is 0 Å². The molecule has 114 valence electrons. The summed E-state index contributed by atoms with van der Waals surface area (Å²) in [6.45, 7) is 5.69. The molecule has 1 saturated heterocycles. The number of methoxy groups -OCH3 is 1. The van der Waals surface area contributed by atoms with Gasteiger partial charge in [0.05, 0.1) is 22.6 Å². The van der Waals surface area contributed by atoms with Gasteiger partial charge in [-0.3, -0.25) is 10.1 Å². The van der Waals surface area contributed by atoms with Crippen LogP contribution < -0.4 is 4.90 Å². The molecule has 21 heavy (non-hydrogen) atoms. The molecule has 6 nitrogen and oxygen atoms in total. The Morgan fingerprint density at radius 2 is 1.95 bits per heavy atom. The topological polar surface area (TPSA) is 72.7 Å². The molecule has 1 fully saturated rings. The highest BCUT2D eigenvalue weighted by Gasteiger charge is 2.32. The molecule has 1 aliphatic rings. The van der Waals surface area contributed by atoms with Gasteiger partial charge in [-0.25, -0.2) is 4.79 Å². The molecule has 1 aromatic rings. The predicted octanol–water partition coefficient (Wildman–Crippen LogP) is 3.13. The third-order valence-electron chi connectivity index (χ3n) is 4.00. The van der Waals surface area contributed by atoms with Crippen LogP contribution in [0.4, 0.5) is 11.4 Å². The van der Waals surface area contributed by atoms with Crippen LogP contribution >= 0.6 is 11.6 Å². The summed E-state index contributed by atoms with van der Waals surface area (Å²) < 4.78 is 4.59. The van der Waals surface area contributed by atoms with E-state index in [1.807, 2.05) is 4.90 Å². The lowest BCUT2D eigenvalue weighted by Gasteiger charge is -2.19. The van der Waals surface area contributed by atoms with Crippen LogP contribution in [-0.4, -0.2) is 31.1 Å². The molecule has 0 aliphatic carbocycles. The molecule has 0 saturated carbocycles. The summed E-state index contributed by atoms with van der Waals surface area (Å²) in [5, 5.41) is 11.5. The van der Waals surface area contributed by atoms with Crippen molar-refractivity contribution in [3.63, 3.8) is 0 Å². The minimum atomic E-state index is -0.683. The molecule has 0 bridgehead atoms. The molecule has 0 N–H and O–H groups in total. The van der Waals surface area contributed by atoms with E-state index >= 15 is 0 Å². The number of esters is 1. The van der Waals surface area contributed by atoms with Crippen molar-refractivity contribution in [2.75, 3.05) is 25.1 Å². The zero-order valence-electron chi connectivity index (χ0n) is 12.1. The molecule has 1 aliphatic heterocycles. The number of ether oxygens (including phenoxy) is 1. The maximum absolute atomic E-state index is 11.6. The maximum Gasteiger partial charge on any atom is 0.339 e. The lowest BCUT2D eigenvalue weighted by atomic mass is 10.0. The Kier molecular flexibility index (Phi) is 4.37. The number of carbonyl (C=O) groups is 1. The van der Waals surface area contributed by atoms with Gasteiger partial charge in [-0.05, 0) is 17.9 Å². The van der Waals surface area contributed by atoms with Crippen LogP contribution in [0.1, 0.15) is 24.2 Å². The Hall–Kier alpha value is -1.82. The highest BCUT2D eigenvalue weighted by atomic mass is 35.5. The first-order valence-corrected chi connectivity index (χ1v) is 7.04. The maximum atomic E-state index is 11.6. The van der Waals surface area contributed by atoms with Crippen LogP contribution in [0.5, 0.6) is 0 Å². The van der Waals surface area contributed by atoms with E-state index in [0.717, 1.165) is 13.1 Å². The third-order valence-corrected chi connectivity index (χ3v) is 4.31. The number of nitro benzene ring substituents is 1. The molecule has 7 heteroatoms. The third kappa shape index (κ3) is 2.95. The fourth-order valence-corrected chi connectivity index (χ4v) is 2.78. The van der Waals surface area contributed by atoms with Crippen LogP contribution in [0.2, 0.25) is 5.02 Å². The molecular formula is C14H17ClN2O4. The Morgan fingerprint density at radius 3 is 2.43 bits per heavy atom. The second kappa shape index (κ2) is 5.89. The molecule has 0 aromatic heterocycles. The molecule has 2 unspecified atom stereocenters. The Morgan fingerprint density at radius 1 is 1.38 bits per heavy atom. The number of nitrogens with zero attached hydrogens (tertiary/aromatic N) is 2. The van der Waals surface area contributed by atoms with Gasteiger partial charge in [0.2, 0.25) is 0 Å². The van der Waals surface area contributed by atoms with E-state index in [0.29, 0.717) is 17.5 Å². The summed E-state index contributed by atoms with van der Waals surface area (Å²) >= 11 is 6.08. The van der Waals surface area contributed by atoms with Crippen LogP contribution in [0.3, 0.4) is 0 Å². The molecule has 0 radical (unpaired) electrons. The van der Waals surface area contributed by atoms with E-state index in [1.54, 1.807) is 0 Å². The van der Waals surface area contributed by atoms with Crippen LogP contribution in [0, 0.1) is 22.0 Å². The van der Waals surface area contributed by atoms with Gasteiger partial charge in [0.15, 0.2) is 0 Å². The zero-order chi connectivity index (χ0) is 15.7. The SMILES string of the molecule is COC(=O)c1cc([N+](=O)[O-])c(N2CC(C)C(C)C2)cc1Cl. The van der Waals surface area contributed by atoms with Gasteiger partial charge in [-0.15, -0.1) is 0 Å². The molecule has 2 atom stereocenters. The summed E-state index contributed by atoms with van der Waals surface area (Å²) in [7, 11) is 1.21. The Balaban J connectivity index is 2.49. The lowest BCUT2D eigenvalue weighted by Crippen LogP contribution is -2.21. The van der Waals surface area contributed by atoms with Crippen LogP contribution in [0.15, 0.2) is 12.1 Å². The lowest BCUT2D eigenvalue weighted by molar-refractivity contribution is -0.384. The van der Waals surface area contributed by atoms with Gasteiger partial charge >= 0.3 is 5.97 Å². The van der Waals surface area contributed by atoms with Crippen molar-refractivity contribution in [3.8, 4) is 0 Å². The number of hydrogen-bond donors (Lipinski definition) is 0. The number of carbonyl (C=O) groups excluding carboxylic acids is 1. The van der Waals surface area contributed by atoms with Gasteiger partial charge in [-0.1, -0.05) is 25.4 Å². The number of rotatable bonds is 3. The number of nitro groups is 1. The van der Waals surface area contributed by atoms with E-state index in [4.69, 9.17) is 11.6 Å². The Bertz CT molecular complexity index is 581. The summed E-state index contributed by atoms with van der Waals surface area (Å²) in [5.74, 6) is 0.213. The van der Waals surface area contributed by atoms with Gasteiger partial charge in [0.25, 0.3) is 5.69 Å². The smallest absolute Gasteiger partial charge is 0.339 e. The quantitative estimate of drug-likeness (QED) is 0.487. The van der Waals surface area contributed by atoms with Gasteiger partial charge in [0.1, 0.15) is 5.69 Å². The second-order valence-corrected chi connectivity index (χ2v) is 5.84. The second-order valence-electron chi connectivity index (χ2n) is 5.43.